The van der Waals surface area contributed by atoms with Crippen LogP contribution in [-0.2, 0) is 0 Å². The molecule has 1 fully saturated rings. The third-order valence-corrected chi connectivity index (χ3v) is 4.57. The Kier molecular flexibility index (Phi) is 10.3. The van der Waals surface area contributed by atoms with Crippen LogP contribution in [0.15, 0.2) is 4.99 Å². The second-order valence-electron chi connectivity index (χ2n) is 7.15. The molecule has 2 atom stereocenters. The number of nitrogens with zero attached hydrogens (tertiary/aromatic N) is 2. The van der Waals surface area contributed by atoms with E-state index in [0.717, 1.165) is 19.0 Å². The van der Waals surface area contributed by atoms with Gasteiger partial charge in [0, 0.05) is 32.3 Å². The van der Waals surface area contributed by atoms with E-state index in [0.29, 0.717) is 18.5 Å². The number of hydrogen-bond acceptors (Lipinski definition) is 3. The van der Waals surface area contributed by atoms with Gasteiger partial charge in [0.15, 0.2) is 5.96 Å². The Labute approximate surface area is 142 Å². The van der Waals surface area contributed by atoms with Crippen LogP contribution in [0.3, 0.4) is 0 Å². The van der Waals surface area contributed by atoms with E-state index in [4.69, 9.17) is 5.11 Å². The zero-order valence-electron chi connectivity index (χ0n) is 15.6. The molecule has 1 rings (SSSR count). The van der Waals surface area contributed by atoms with Gasteiger partial charge in [0.1, 0.15) is 0 Å². The zero-order valence-corrected chi connectivity index (χ0v) is 15.6. The summed E-state index contributed by atoms with van der Waals surface area (Å²) in [6.07, 6.45) is 5.40. The predicted octanol–water partition coefficient (Wildman–Crippen LogP) is 2.07. The lowest BCUT2D eigenvalue weighted by atomic mass is 10.0. The van der Waals surface area contributed by atoms with Crippen molar-refractivity contribution in [2.75, 3.05) is 39.3 Å². The van der Waals surface area contributed by atoms with Crippen molar-refractivity contribution in [3.63, 3.8) is 0 Å². The Hall–Kier alpha value is -0.810. The summed E-state index contributed by atoms with van der Waals surface area (Å²) in [4.78, 5) is 7.25. The Morgan fingerprint density at radius 3 is 2.26 bits per heavy atom. The minimum absolute atomic E-state index is 0.186. The lowest BCUT2D eigenvalue weighted by molar-refractivity contribution is 0.161. The molecule has 3 N–H and O–H groups in total. The first kappa shape index (κ1) is 20.2. The fraction of sp³-hybridized carbons (Fsp3) is 0.944. The molecule has 2 unspecified atom stereocenters. The molecule has 0 aromatic rings. The standard InChI is InChI=1S/C18H38N4O/c1-5-19-18(20-12-16(4)14-23)21-13-17(15(2)3)22-10-8-6-7-9-11-22/h15-17,23H,5-14H2,1-4H3,(H2,19,20,21). The van der Waals surface area contributed by atoms with Crippen molar-refractivity contribution in [3.05, 3.63) is 0 Å². The summed E-state index contributed by atoms with van der Waals surface area (Å²) in [6.45, 7) is 13.8. The summed E-state index contributed by atoms with van der Waals surface area (Å²) in [5.41, 5.74) is 0. The summed E-state index contributed by atoms with van der Waals surface area (Å²) in [6, 6.07) is 0.548. The second kappa shape index (κ2) is 11.7. The Morgan fingerprint density at radius 1 is 1.09 bits per heavy atom. The molecule has 1 saturated heterocycles. The summed E-state index contributed by atoms with van der Waals surface area (Å²) >= 11 is 0. The molecule has 5 heteroatoms. The van der Waals surface area contributed by atoms with E-state index in [1.807, 2.05) is 6.92 Å². The van der Waals surface area contributed by atoms with Gasteiger partial charge in [0.2, 0.25) is 0 Å². The van der Waals surface area contributed by atoms with Gasteiger partial charge in [-0.25, -0.2) is 0 Å². The molecule has 0 radical (unpaired) electrons. The number of aliphatic hydroxyl groups excluding tert-OH is 1. The number of hydrogen-bond donors (Lipinski definition) is 3. The third kappa shape index (κ3) is 8.02. The van der Waals surface area contributed by atoms with Crippen molar-refractivity contribution in [1.82, 2.24) is 15.5 Å². The first-order valence-electron chi connectivity index (χ1n) is 9.45. The number of aliphatic imine (C=N–C) groups is 1. The smallest absolute Gasteiger partial charge is 0.191 e. The van der Waals surface area contributed by atoms with Crippen LogP contribution < -0.4 is 10.6 Å². The van der Waals surface area contributed by atoms with Crippen LogP contribution in [0.25, 0.3) is 0 Å². The van der Waals surface area contributed by atoms with E-state index in [1.165, 1.54) is 38.8 Å². The monoisotopic (exact) mass is 326 g/mol. The fourth-order valence-corrected chi connectivity index (χ4v) is 3.06. The van der Waals surface area contributed by atoms with Gasteiger partial charge in [-0.15, -0.1) is 0 Å². The van der Waals surface area contributed by atoms with Gasteiger partial charge >= 0.3 is 0 Å². The maximum Gasteiger partial charge on any atom is 0.191 e. The summed E-state index contributed by atoms with van der Waals surface area (Å²) in [5, 5.41) is 16.0. The molecule has 0 spiro atoms. The summed E-state index contributed by atoms with van der Waals surface area (Å²) < 4.78 is 0. The summed E-state index contributed by atoms with van der Waals surface area (Å²) in [5.74, 6) is 1.70. The SMILES string of the molecule is CCNC(=NCC(C)CO)NCC(C(C)C)N1CCCCCC1. The van der Waals surface area contributed by atoms with E-state index in [2.05, 4.69) is 41.3 Å². The van der Waals surface area contributed by atoms with Gasteiger partial charge in [-0.3, -0.25) is 9.89 Å². The molecule has 1 aliphatic heterocycles. The van der Waals surface area contributed by atoms with E-state index in [9.17, 15) is 0 Å². The van der Waals surface area contributed by atoms with Gasteiger partial charge in [0.05, 0.1) is 0 Å². The highest BCUT2D eigenvalue weighted by Crippen LogP contribution is 2.17. The highest BCUT2D eigenvalue weighted by molar-refractivity contribution is 5.79. The first-order valence-corrected chi connectivity index (χ1v) is 9.45. The topological polar surface area (TPSA) is 59.9 Å². The lowest BCUT2D eigenvalue weighted by Crippen LogP contribution is -2.49. The van der Waals surface area contributed by atoms with Crippen LogP contribution in [-0.4, -0.2) is 61.3 Å². The number of aliphatic hydroxyl groups is 1. The molecule has 0 aromatic carbocycles. The van der Waals surface area contributed by atoms with Crippen LogP contribution in [0.1, 0.15) is 53.4 Å². The van der Waals surface area contributed by atoms with Gasteiger partial charge < -0.3 is 15.7 Å². The Morgan fingerprint density at radius 2 is 1.74 bits per heavy atom. The molecule has 136 valence electrons. The molecule has 0 aliphatic carbocycles. The third-order valence-electron chi connectivity index (χ3n) is 4.57. The highest BCUT2D eigenvalue weighted by atomic mass is 16.3. The van der Waals surface area contributed by atoms with Gasteiger partial charge in [-0.05, 0) is 44.7 Å². The quantitative estimate of drug-likeness (QED) is 0.472. The van der Waals surface area contributed by atoms with E-state index < -0.39 is 0 Å². The Balaban J connectivity index is 2.59. The van der Waals surface area contributed by atoms with Crippen LogP contribution in [0.5, 0.6) is 0 Å². The number of nitrogens with one attached hydrogen (secondary N) is 2. The van der Waals surface area contributed by atoms with E-state index in [-0.39, 0.29) is 12.5 Å². The molecule has 0 bridgehead atoms. The molecule has 5 nitrogen and oxygen atoms in total. The normalized spacial score (nSPS) is 20.2. The van der Waals surface area contributed by atoms with Crippen molar-refractivity contribution in [1.29, 1.82) is 0 Å². The van der Waals surface area contributed by atoms with Crippen molar-refractivity contribution in [2.45, 2.75) is 59.4 Å². The largest absolute Gasteiger partial charge is 0.396 e. The van der Waals surface area contributed by atoms with Crippen molar-refractivity contribution in [3.8, 4) is 0 Å². The second-order valence-corrected chi connectivity index (χ2v) is 7.15. The van der Waals surface area contributed by atoms with Gasteiger partial charge in [-0.2, -0.15) is 0 Å². The average Bonchev–Trinajstić information content (AvgIpc) is 2.81. The highest BCUT2D eigenvalue weighted by Gasteiger charge is 2.22. The van der Waals surface area contributed by atoms with Gasteiger partial charge in [0.25, 0.3) is 0 Å². The van der Waals surface area contributed by atoms with Crippen LogP contribution in [0.4, 0.5) is 0 Å². The number of likely N-dealkylation sites (tertiary alicyclic amines) is 1. The lowest BCUT2D eigenvalue weighted by Gasteiger charge is -2.34. The molecule has 0 aromatic heterocycles. The molecule has 1 aliphatic rings. The van der Waals surface area contributed by atoms with Crippen LogP contribution in [0, 0.1) is 11.8 Å². The fourth-order valence-electron chi connectivity index (χ4n) is 3.06. The number of rotatable bonds is 8. The molecule has 1 heterocycles. The predicted molar refractivity (Wildman–Crippen MR) is 98.9 cm³/mol. The molecular formula is C18H38N4O. The van der Waals surface area contributed by atoms with E-state index >= 15 is 0 Å². The van der Waals surface area contributed by atoms with Crippen molar-refractivity contribution < 1.29 is 5.11 Å². The maximum absolute atomic E-state index is 9.15. The minimum Gasteiger partial charge on any atom is -0.396 e. The van der Waals surface area contributed by atoms with E-state index in [1.54, 1.807) is 0 Å². The first-order chi connectivity index (χ1) is 11.1. The molecule has 0 amide bonds. The van der Waals surface area contributed by atoms with Crippen molar-refractivity contribution in [2.24, 2.45) is 16.8 Å². The zero-order chi connectivity index (χ0) is 17.1. The Bertz CT molecular complexity index is 325. The average molecular weight is 327 g/mol. The van der Waals surface area contributed by atoms with Crippen LogP contribution in [0.2, 0.25) is 0 Å². The molecular weight excluding hydrogens is 288 g/mol. The molecule has 23 heavy (non-hydrogen) atoms. The molecule has 0 saturated carbocycles. The summed E-state index contributed by atoms with van der Waals surface area (Å²) in [7, 11) is 0. The van der Waals surface area contributed by atoms with Crippen molar-refractivity contribution >= 4 is 5.96 Å². The number of guanidine groups is 1. The minimum atomic E-state index is 0.186. The van der Waals surface area contributed by atoms with Gasteiger partial charge in [-0.1, -0.05) is 33.6 Å². The van der Waals surface area contributed by atoms with Crippen LogP contribution >= 0.6 is 0 Å². The maximum atomic E-state index is 9.15.